The lowest BCUT2D eigenvalue weighted by Gasteiger charge is -2.45. The molecule has 0 aliphatic carbocycles. The number of halogens is 7. The van der Waals surface area contributed by atoms with Gasteiger partial charge >= 0.3 is 24.4 Å². The Morgan fingerprint density at radius 3 is 1.31 bits per heavy atom. The Labute approximate surface area is 441 Å². The number of hydrogen-bond donors (Lipinski definition) is 0. The van der Waals surface area contributed by atoms with E-state index in [1.165, 1.54) is 34.1 Å². The van der Waals surface area contributed by atoms with Gasteiger partial charge in [0.2, 0.25) is 0 Å². The molecule has 4 aromatic rings. The van der Waals surface area contributed by atoms with E-state index < -0.39 is 47.6 Å². The van der Waals surface area contributed by atoms with Gasteiger partial charge in [-0.05, 0) is 105 Å². The molecular formula is C55H54BrF6N9O4. The first-order valence-electron chi connectivity index (χ1n) is 24.9. The molecule has 392 valence electrons. The van der Waals surface area contributed by atoms with Crippen molar-refractivity contribution in [2.24, 2.45) is 0 Å². The summed E-state index contributed by atoms with van der Waals surface area (Å²) in [5, 5.41) is 19.3. The average molecular weight is 1100 g/mol. The molecule has 0 unspecified atom stereocenters. The summed E-state index contributed by atoms with van der Waals surface area (Å²) in [5.41, 5.74) is 0.968. The van der Waals surface area contributed by atoms with Gasteiger partial charge in [0.05, 0.1) is 120 Å². The van der Waals surface area contributed by atoms with E-state index in [2.05, 4.69) is 12.1 Å². The largest absolute Gasteiger partial charge is 1.00 e. The summed E-state index contributed by atoms with van der Waals surface area (Å²) in [4.78, 5) is 67.5. The molecule has 0 spiro atoms. The predicted octanol–water partition coefficient (Wildman–Crippen LogP) is 7.15. The van der Waals surface area contributed by atoms with Crippen LogP contribution in [0.15, 0.2) is 120 Å². The molecular weight excluding hydrogens is 1040 g/mol. The summed E-state index contributed by atoms with van der Waals surface area (Å²) in [5.74, 6) is -0.706. The molecule has 5 aliphatic rings. The summed E-state index contributed by atoms with van der Waals surface area (Å²) in [7, 11) is 0. The number of urea groups is 2. The normalized spacial score (nSPS) is 19.9. The second kappa shape index (κ2) is 21.6. The van der Waals surface area contributed by atoms with Gasteiger partial charge in [0.25, 0.3) is 11.8 Å². The Balaban J connectivity index is 0.00000747. The summed E-state index contributed by atoms with van der Waals surface area (Å²) in [6, 6.07) is 23.3. The quantitative estimate of drug-likeness (QED) is 0.0973. The Bertz CT molecular complexity index is 2820. The zero-order valence-corrected chi connectivity index (χ0v) is 42.9. The fraction of sp³-hybridized carbons (Fsp3) is 0.382. The predicted molar refractivity (Wildman–Crippen MR) is 261 cm³/mol. The molecule has 6 amide bonds. The van der Waals surface area contributed by atoms with Crippen LogP contribution in [0.4, 0.5) is 47.3 Å². The first-order valence-corrected chi connectivity index (χ1v) is 24.9. The first-order chi connectivity index (χ1) is 35.4. The number of nitriles is 2. The van der Waals surface area contributed by atoms with Gasteiger partial charge < -0.3 is 41.1 Å². The van der Waals surface area contributed by atoms with Gasteiger partial charge in [0.15, 0.2) is 0 Å². The van der Waals surface area contributed by atoms with Crippen LogP contribution >= 0.6 is 0 Å². The van der Waals surface area contributed by atoms with Gasteiger partial charge in [0.1, 0.15) is 0 Å². The summed E-state index contributed by atoms with van der Waals surface area (Å²) in [6.45, 7) is 6.91. The van der Waals surface area contributed by atoms with Crippen molar-refractivity contribution in [3.63, 3.8) is 0 Å². The van der Waals surface area contributed by atoms with Crippen LogP contribution in [0, 0.1) is 22.7 Å². The highest BCUT2D eigenvalue weighted by Gasteiger charge is 2.51. The summed E-state index contributed by atoms with van der Waals surface area (Å²) >= 11 is 0. The van der Waals surface area contributed by atoms with Crippen LogP contribution in [-0.4, -0.2) is 113 Å². The summed E-state index contributed by atoms with van der Waals surface area (Å²) in [6.07, 6.45) is -5.86. The molecule has 75 heavy (non-hydrogen) atoms. The van der Waals surface area contributed by atoms with Crippen molar-refractivity contribution in [1.29, 1.82) is 10.5 Å². The topological polar surface area (TPSA) is 135 Å². The van der Waals surface area contributed by atoms with Crippen LogP contribution in [0.1, 0.15) is 91.4 Å². The highest BCUT2D eigenvalue weighted by molar-refractivity contribution is 6.08. The van der Waals surface area contributed by atoms with Crippen molar-refractivity contribution < 1.29 is 67.0 Å². The number of amides is 6. The number of rotatable bonds is 14. The number of alkyl halides is 6. The first kappa shape index (κ1) is 54.1. The molecule has 0 saturated carbocycles. The van der Waals surface area contributed by atoms with Crippen LogP contribution in [0.2, 0.25) is 0 Å². The molecule has 20 heteroatoms. The Morgan fingerprint density at radius 1 is 0.573 bits per heavy atom. The van der Waals surface area contributed by atoms with E-state index in [9.17, 15) is 46.5 Å². The number of benzene rings is 4. The zero-order valence-electron chi connectivity index (χ0n) is 41.3. The van der Waals surface area contributed by atoms with Crippen LogP contribution in [0.3, 0.4) is 0 Å². The minimum absolute atomic E-state index is 0. The number of hydrogen-bond acceptors (Lipinski definition) is 6. The van der Waals surface area contributed by atoms with Gasteiger partial charge in [-0.15, -0.1) is 0 Å². The number of likely N-dealkylation sites (tertiary alicyclic amines) is 1. The molecule has 4 aromatic carbocycles. The van der Waals surface area contributed by atoms with Gasteiger partial charge in [-0.2, -0.15) is 36.9 Å². The van der Waals surface area contributed by atoms with Gasteiger partial charge in [0, 0.05) is 39.0 Å². The zero-order chi connectivity index (χ0) is 52.7. The molecule has 0 aromatic heterocycles. The van der Waals surface area contributed by atoms with E-state index in [-0.39, 0.29) is 102 Å². The third-order valence-corrected chi connectivity index (χ3v) is 15.1. The minimum atomic E-state index is -4.71. The van der Waals surface area contributed by atoms with Crippen molar-refractivity contribution >= 4 is 35.3 Å². The highest BCUT2D eigenvalue weighted by atomic mass is 79.9. The van der Waals surface area contributed by atoms with Crippen LogP contribution in [0.5, 0.6) is 0 Å². The molecule has 13 nitrogen and oxygen atoms in total. The molecule has 0 bridgehead atoms. The van der Waals surface area contributed by atoms with E-state index in [1.807, 2.05) is 0 Å². The molecule has 5 heterocycles. The number of anilines is 2. The van der Waals surface area contributed by atoms with E-state index in [4.69, 9.17) is 0 Å². The van der Waals surface area contributed by atoms with E-state index >= 15 is 9.59 Å². The number of nitrogens with zero attached hydrogens (tertiary/aromatic N) is 9. The fourth-order valence-corrected chi connectivity index (χ4v) is 11.4. The standard InChI is InChI=1S/C55H54F6N9O4.BrH/c1-3-64-34-44-46(50(64)71)48(38-20-16-36(32-62)17-21-38)66(52(73)68(44)42-14-8-12-40(30-42)54(56,57)58)24-10-28-70(26-6-5-7-27-70)29-11-25-67-49(39-22-18-37(33-63)19-23-39)47-45(35-65(4-2)51(47)72)69(53(67)74)43-15-9-13-41(31-43)55(59,60)61;/h8-9,12-23,30-31,48-49H,3-7,10-11,24-29,34-35H2,1-2H3;1H/q+1;/p-1/t48-,49-;/m1./s1. The van der Waals surface area contributed by atoms with Crippen molar-refractivity contribution in [2.75, 3.05) is 75.2 Å². The van der Waals surface area contributed by atoms with E-state index in [1.54, 1.807) is 82.0 Å². The lowest BCUT2D eigenvalue weighted by molar-refractivity contribution is -0.932. The fourth-order valence-electron chi connectivity index (χ4n) is 11.4. The van der Waals surface area contributed by atoms with Crippen LogP contribution in [-0.2, 0) is 21.9 Å². The maximum atomic E-state index is 15.1. The maximum absolute atomic E-state index is 15.1. The number of quaternary nitrogens is 1. The lowest BCUT2D eigenvalue weighted by Crippen LogP contribution is -3.00. The number of carbonyl (C=O) groups is 4. The molecule has 2 atom stereocenters. The lowest BCUT2D eigenvalue weighted by atomic mass is 9.92. The van der Waals surface area contributed by atoms with E-state index in [0.29, 0.717) is 52.7 Å². The SMILES string of the molecule is CCN1CC2=C(C1=O)[C@@H](c1ccc(C#N)cc1)N(CCC[N+]1(CCCN3C(=O)N(c4cccc(C(F)(F)F)c4)C4=C(C(=O)N(CC)C4)[C@H]3c3ccc(C#N)cc3)CCCCC1)C(=O)N2c1cccc(C(F)(F)F)c1.[Br-]. The van der Waals surface area contributed by atoms with Gasteiger partial charge in [-0.3, -0.25) is 19.4 Å². The number of piperidine rings is 1. The number of carbonyl (C=O) groups excluding carboxylic acids is 4. The van der Waals surface area contributed by atoms with E-state index in [0.717, 1.165) is 56.6 Å². The molecule has 5 aliphatic heterocycles. The summed E-state index contributed by atoms with van der Waals surface area (Å²) < 4.78 is 85.5. The third kappa shape index (κ3) is 10.3. The second-order valence-electron chi connectivity index (χ2n) is 19.4. The van der Waals surface area contributed by atoms with Gasteiger partial charge in [-0.1, -0.05) is 36.4 Å². The van der Waals surface area contributed by atoms with Crippen molar-refractivity contribution in [2.45, 2.75) is 70.4 Å². The Hall–Kier alpha value is -7.16. The molecule has 1 fully saturated rings. The van der Waals surface area contributed by atoms with Crippen molar-refractivity contribution in [3.05, 3.63) is 153 Å². The Kier molecular flexibility index (Phi) is 15.6. The Morgan fingerprint density at radius 2 is 0.960 bits per heavy atom. The van der Waals surface area contributed by atoms with Crippen molar-refractivity contribution in [3.8, 4) is 12.1 Å². The third-order valence-electron chi connectivity index (χ3n) is 15.1. The molecule has 1 saturated heterocycles. The van der Waals surface area contributed by atoms with Crippen molar-refractivity contribution in [1.82, 2.24) is 19.6 Å². The van der Waals surface area contributed by atoms with Crippen LogP contribution < -0.4 is 26.8 Å². The highest BCUT2D eigenvalue weighted by Crippen LogP contribution is 2.47. The molecule has 0 radical (unpaired) electrons. The van der Waals surface area contributed by atoms with Gasteiger partial charge in [-0.25, -0.2) is 9.59 Å². The maximum Gasteiger partial charge on any atom is 0.416 e. The minimum Gasteiger partial charge on any atom is -1.00 e. The number of likely N-dealkylation sites (N-methyl/N-ethyl adjacent to an activating group) is 2. The molecule has 9 rings (SSSR count). The second-order valence-corrected chi connectivity index (χ2v) is 19.4. The molecule has 0 N–H and O–H groups in total. The monoisotopic (exact) mass is 1100 g/mol. The smallest absolute Gasteiger partial charge is 0.416 e. The average Bonchev–Trinajstić information content (AvgIpc) is 3.93. The van der Waals surface area contributed by atoms with Crippen LogP contribution in [0.25, 0.3) is 0 Å².